The highest BCUT2D eigenvalue weighted by Crippen LogP contribution is 2.27. The molecule has 0 bridgehead atoms. The summed E-state index contributed by atoms with van der Waals surface area (Å²) in [5, 5.41) is 3.46. The standard InChI is InChI=1S/C16H20N2OS/c1-9-5-6-15(14(7-9)16(17)20)18-11(3)13-8-10(2)19-12(13)4/h5-8,11,18H,1-4H3,(H2,17,20). The summed E-state index contributed by atoms with van der Waals surface area (Å²) in [6.07, 6.45) is 0. The first-order valence-electron chi connectivity index (χ1n) is 6.62. The van der Waals surface area contributed by atoms with Crippen LogP contribution in [-0.4, -0.2) is 4.99 Å². The fourth-order valence-corrected chi connectivity index (χ4v) is 2.55. The Morgan fingerprint density at radius 1 is 1.25 bits per heavy atom. The number of anilines is 1. The molecule has 106 valence electrons. The number of hydrogen-bond donors (Lipinski definition) is 2. The second-order valence-corrected chi connectivity index (χ2v) is 5.59. The van der Waals surface area contributed by atoms with E-state index in [1.54, 1.807) is 0 Å². The van der Waals surface area contributed by atoms with E-state index in [9.17, 15) is 0 Å². The van der Waals surface area contributed by atoms with E-state index in [1.165, 1.54) is 0 Å². The smallest absolute Gasteiger partial charge is 0.106 e. The van der Waals surface area contributed by atoms with Gasteiger partial charge in [0.05, 0.1) is 6.04 Å². The van der Waals surface area contributed by atoms with Gasteiger partial charge in [-0.15, -0.1) is 0 Å². The predicted molar refractivity (Wildman–Crippen MR) is 87.3 cm³/mol. The summed E-state index contributed by atoms with van der Waals surface area (Å²) < 4.78 is 5.58. The molecule has 1 unspecified atom stereocenters. The molecule has 3 nitrogen and oxygen atoms in total. The molecule has 0 amide bonds. The Bertz CT molecular complexity index is 646. The molecule has 0 saturated heterocycles. The van der Waals surface area contributed by atoms with E-state index in [-0.39, 0.29) is 6.04 Å². The van der Waals surface area contributed by atoms with Gasteiger partial charge in [0, 0.05) is 16.8 Å². The van der Waals surface area contributed by atoms with Crippen LogP contribution in [0.25, 0.3) is 0 Å². The molecule has 0 aliphatic carbocycles. The van der Waals surface area contributed by atoms with Crippen molar-refractivity contribution in [3.63, 3.8) is 0 Å². The Labute approximate surface area is 125 Å². The van der Waals surface area contributed by atoms with Crippen molar-refractivity contribution in [2.45, 2.75) is 33.7 Å². The van der Waals surface area contributed by atoms with Crippen LogP contribution >= 0.6 is 12.2 Å². The Kier molecular flexibility index (Phi) is 4.14. The molecule has 20 heavy (non-hydrogen) atoms. The maximum atomic E-state index is 5.80. The van der Waals surface area contributed by atoms with Gasteiger partial charge < -0.3 is 15.5 Å². The third kappa shape index (κ3) is 3.02. The predicted octanol–water partition coefficient (Wildman–Crippen LogP) is 4.01. The lowest BCUT2D eigenvalue weighted by molar-refractivity contribution is 0.500. The summed E-state index contributed by atoms with van der Waals surface area (Å²) in [4.78, 5) is 0.406. The third-order valence-corrected chi connectivity index (χ3v) is 3.58. The average molecular weight is 288 g/mol. The van der Waals surface area contributed by atoms with Gasteiger partial charge in [0.25, 0.3) is 0 Å². The van der Waals surface area contributed by atoms with Crippen LogP contribution in [0.3, 0.4) is 0 Å². The fraction of sp³-hybridized carbons (Fsp3) is 0.312. The molecule has 1 atom stereocenters. The van der Waals surface area contributed by atoms with E-state index < -0.39 is 0 Å². The second kappa shape index (κ2) is 5.67. The summed E-state index contributed by atoms with van der Waals surface area (Å²) in [5.74, 6) is 1.86. The zero-order valence-corrected chi connectivity index (χ0v) is 13.1. The van der Waals surface area contributed by atoms with E-state index >= 15 is 0 Å². The van der Waals surface area contributed by atoms with Gasteiger partial charge in [0.2, 0.25) is 0 Å². The molecular formula is C16H20N2OS. The van der Waals surface area contributed by atoms with E-state index in [4.69, 9.17) is 22.4 Å². The number of thiocarbonyl (C=S) groups is 1. The molecule has 0 saturated carbocycles. The molecule has 1 aromatic heterocycles. The van der Waals surface area contributed by atoms with Crippen molar-refractivity contribution in [2.75, 3.05) is 5.32 Å². The number of furan rings is 1. The first-order chi connectivity index (χ1) is 9.38. The first kappa shape index (κ1) is 14.6. The Morgan fingerprint density at radius 2 is 1.95 bits per heavy atom. The van der Waals surface area contributed by atoms with Crippen LogP contribution in [0.15, 0.2) is 28.7 Å². The lowest BCUT2D eigenvalue weighted by Gasteiger charge is -2.18. The van der Waals surface area contributed by atoms with Crippen LogP contribution in [0.2, 0.25) is 0 Å². The van der Waals surface area contributed by atoms with Crippen molar-refractivity contribution in [3.05, 3.63) is 52.5 Å². The fourth-order valence-electron chi connectivity index (χ4n) is 2.38. The molecule has 1 heterocycles. The highest BCUT2D eigenvalue weighted by Gasteiger charge is 2.14. The van der Waals surface area contributed by atoms with Gasteiger partial charge in [0.1, 0.15) is 16.5 Å². The lowest BCUT2D eigenvalue weighted by atomic mass is 10.1. The maximum Gasteiger partial charge on any atom is 0.106 e. The lowest BCUT2D eigenvalue weighted by Crippen LogP contribution is -2.15. The molecule has 2 rings (SSSR count). The van der Waals surface area contributed by atoms with Crippen molar-refractivity contribution >= 4 is 22.9 Å². The van der Waals surface area contributed by atoms with Crippen LogP contribution < -0.4 is 11.1 Å². The van der Waals surface area contributed by atoms with Gasteiger partial charge in [-0.1, -0.05) is 23.8 Å². The minimum absolute atomic E-state index is 0.128. The van der Waals surface area contributed by atoms with Crippen molar-refractivity contribution < 1.29 is 4.42 Å². The van der Waals surface area contributed by atoms with Gasteiger partial charge >= 0.3 is 0 Å². The molecule has 0 spiro atoms. The summed E-state index contributed by atoms with van der Waals surface area (Å²) in [6, 6.07) is 8.25. The van der Waals surface area contributed by atoms with E-state index in [2.05, 4.69) is 18.3 Å². The summed E-state index contributed by atoms with van der Waals surface area (Å²) in [5.41, 5.74) is 9.93. The van der Waals surface area contributed by atoms with Crippen LogP contribution in [0.5, 0.6) is 0 Å². The Balaban J connectivity index is 2.30. The number of benzene rings is 1. The number of aryl methyl sites for hydroxylation is 3. The Morgan fingerprint density at radius 3 is 2.50 bits per heavy atom. The molecule has 0 aliphatic heterocycles. The van der Waals surface area contributed by atoms with Crippen molar-refractivity contribution in [3.8, 4) is 0 Å². The third-order valence-electron chi connectivity index (χ3n) is 3.36. The minimum atomic E-state index is 0.128. The first-order valence-corrected chi connectivity index (χ1v) is 7.03. The SMILES string of the molecule is Cc1ccc(NC(C)c2cc(C)oc2C)c(C(N)=S)c1. The quantitative estimate of drug-likeness (QED) is 0.835. The molecule has 0 aliphatic rings. The van der Waals surface area contributed by atoms with Crippen molar-refractivity contribution in [1.82, 2.24) is 0 Å². The molecule has 0 radical (unpaired) electrons. The zero-order chi connectivity index (χ0) is 14.9. The molecule has 2 aromatic rings. The molecule has 0 fully saturated rings. The largest absolute Gasteiger partial charge is 0.466 e. The zero-order valence-electron chi connectivity index (χ0n) is 12.3. The molecular weight excluding hydrogens is 268 g/mol. The number of nitrogens with two attached hydrogens (primary N) is 1. The van der Waals surface area contributed by atoms with Crippen LogP contribution in [0, 0.1) is 20.8 Å². The van der Waals surface area contributed by atoms with Crippen LogP contribution in [-0.2, 0) is 0 Å². The van der Waals surface area contributed by atoms with Crippen LogP contribution in [0.4, 0.5) is 5.69 Å². The molecule has 4 heteroatoms. The van der Waals surface area contributed by atoms with Gasteiger partial charge in [-0.25, -0.2) is 0 Å². The topological polar surface area (TPSA) is 51.2 Å². The second-order valence-electron chi connectivity index (χ2n) is 5.15. The minimum Gasteiger partial charge on any atom is -0.466 e. The molecule has 1 aromatic carbocycles. The van der Waals surface area contributed by atoms with Crippen molar-refractivity contribution in [2.24, 2.45) is 5.73 Å². The van der Waals surface area contributed by atoms with Gasteiger partial charge in [0.15, 0.2) is 0 Å². The van der Waals surface area contributed by atoms with Gasteiger partial charge in [-0.05, 0) is 45.9 Å². The normalized spacial score (nSPS) is 12.2. The highest BCUT2D eigenvalue weighted by atomic mass is 32.1. The van der Waals surface area contributed by atoms with Gasteiger partial charge in [-0.2, -0.15) is 0 Å². The van der Waals surface area contributed by atoms with Crippen molar-refractivity contribution in [1.29, 1.82) is 0 Å². The van der Waals surface area contributed by atoms with E-state index in [0.717, 1.165) is 33.9 Å². The van der Waals surface area contributed by atoms with Gasteiger partial charge in [-0.3, -0.25) is 0 Å². The average Bonchev–Trinajstić information content (AvgIpc) is 2.70. The number of nitrogens with one attached hydrogen (secondary N) is 1. The highest BCUT2D eigenvalue weighted by molar-refractivity contribution is 7.80. The Hall–Kier alpha value is -1.81. The maximum absolute atomic E-state index is 5.80. The summed E-state index contributed by atoms with van der Waals surface area (Å²) in [6.45, 7) is 8.05. The van der Waals surface area contributed by atoms with E-state index in [1.807, 2.05) is 39.0 Å². The monoisotopic (exact) mass is 288 g/mol. The van der Waals surface area contributed by atoms with Crippen LogP contribution in [0.1, 0.15) is 41.2 Å². The number of rotatable bonds is 4. The summed E-state index contributed by atoms with van der Waals surface area (Å²) in [7, 11) is 0. The number of hydrogen-bond acceptors (Lipinski definition) is 3. The molecule has 3 N–H and O–H groups in total. The van der Waals surface area contributed by atoms with E-state index in [0.29, 0.717) is 4.99 Å². The summed E-state index contributed by atoms with van der Waals surface area (Å²) >= 11 is 5.13.